The van der Waals surface area contributed by atoms with E-state index < -0.39 is 0 Å². The molecule has 0 aliphatic carbocycles. The number of cyclic esters (lactones) is 1. The van der Waals surface area contributed by atoms with Gasteiger partial charge in [-0.1, -0.05) is 55.0 Å². The van der Waals surface area contributed by atoms with E-state index in [2.05, 4.69) is 35.5 Å². The number of thiazole rings is 1. The Balaban J connectivity index is 1.32. The summed E-state index contributed by atoms with van der Waals surface area (Å²) in [6.45, 7) is 5.04. The quantitative estimate of drug-likeness (QED) is 0.261. The van der Waals surface area contributed by atoms with Gasteiger partial charge in [0.15, 0.2) is 5.13 Å². The average Bonchev–Trinajstić information content (AvgIpc) is 3.27. The number of esters is 1. The van der Waals surface area contributed by atoms with Gasteiger partial charge in [0.2, 0.25) is 0 Å². The lowest BCUT2D eigenvalue weighted by Crippen LogP contribution is -2.20. The minimum absolute atomic E-state index is 0.132. The summed E-state index contributed by atoms with van der Waals surface area (Å²) < 4.78 is 21.8. The Kier molecular flexibility index (Phi) is 7.18. The molecule has 2 atom stereocenters. The van der Waals surface area contributed by atoms with Crippen molar-refractivity contribution < 1.29 is 13.9 Å². The number of aromatic nitrogens is 1. The maximum atomic E-state index is 15.0. The second-order valence-electron chi connectivity index (χ2n) is 9.31. The fourth-order valence-electron chi connectivity index (χ4n) is 4.67. The van der Waals surface area contributed by atoms with Gasteiger partial charge in [-0.25, -0.2) is 9.37 Å². The van der Waals surface area contributed by atoms with E-state index in [-0.39, 0.29) is 23.8 Å². The van der Waals surface area contributed by atoms with Gasteiger partial charge in [0.05, 0.1) is 15.9 Å². The zero-order valence-electron chi connectivity index (χ0n) is 20.5. The third kappa shape index (κ3) is 5.36. The van der Waals surface area contributed by atoms with E-state index in [0.29, 0.717) is 17.2 Å². The van der Waals surface area contributed by atoms with Gasteiger partial charge in [-0.3, -0.25) is 4.79 Å². The molecule has 1 aliphatic heterocycles. The second kappa shape index (κ2) is 10.7. The molecule has 36 heavy (non-hydrogen) atoms. The van der Waals surface area contributed by atoms with Crippen molar-refractivity contribution in [1.82, 2.24) is 4.98 Å². The van der Waals surface area contributed by atoms with Crippen molar-refractivity contribution in [2.75, 3.05) is 17.2 Å². The number of carbonyl (C=O) groups is 1. The first kappa shape index (κ1) is 24.3. The first-order valence-corrected chi connectivity index (χ1v) is 13.3. The lowest BCUT2D eigenvalue weighted by atomic mass is 9.90. The van der Waals surface area contributed by atoms with Gasteiger partial charge in [0.1, 0.15) is 11.9 Å². The fourth-order valence-corrected chi connectivity index (χ4v) is 5.59. The van der Waals surface area contributed by atoms with Crippen LogP contribution in [0.5, 0.6) is 0 Å². The number of anilines is 3. The predicted molar refractivity (Wildman–Crippen MR) is 145 cm³/mol. The Morgan fingerprint density at radius 2 is 1.86 bits per heavy atom. The third-order valence-electron chi connectivity index (χ3n) is 6.62. The standard InChI is InChI=1S/C29H30FN3O2S/c1-3-31-22-13-15-25-26(17-22)36-29(33-25)32-24-14-12-21(16-23(24)30)19-8-10-20(11-9-19)28-18(2)6-4-5-7-27(34)35-28/h8-18,28,31H,3-7H2,1-2H3,(H,32,33). The predicted octanol–water partition coefficient (Wildman–Crippen LogP) is 8.07. The van der Waals surface area contributed by atoms with Gasteiger partial charge in [-0.05, 0) is 72.7 Å². The molecule has 7 heteroatoms. The maximum Gasteiger partial charge on any atom is 0.306 e. The molecule has 3 aromatic carbocycles. The lowest BCUT2D eigenvalue weighted by molar-refractivity contribution is -0.153. The van der Waals surface area contributed by atoms with Crippen LogP contribution >= 0.6 is 11.3 Å². The van der Waals surface area contributed by atoms with Gasteiger partial charge in [-0.15, -0.1) is 0 Å². The third-order valence-corrected chi connectivity index (χ3v) is 7.55. The van der Waals surface area contributed by atoms with Crippen LogP contribution < -0.4 is 10.6 Å². The fraction of sp³-hybridized carbons (Fsp3) is 0.310. The Bertz CT molecular complexity index is 1370. The van der Waals surface area contributed by atoms with Gasteiger partial charge in [0, 0.05) is 18.7 Å². The summed E-state index contributed by atoms with van der Waals surface area (Å²) in [4.78, 5) is 16.7. The maximum absolute atomic E-state index is 15.0. The van der Waals surface area contributed by atoms with E-state index in [4.69, 9.17) is 4.74 Å². The van der Waals surface area contributed by atoms with Gasteiger partial charge in [-0.2, -0.15) is 0 Å². The molecule has 0 saturated carbocycles. The van der Waals surface area contributed by atoms with Crippen LogP contribution in [-0.2, 0) is 9.53 Å². The number of ether oxygens (including phenoxy) is 1. The molecular formula is C29H30FN3O2S. The molecule has 5 nitrogen and oxygen atoms in total. The molecule has 2 N–H and O–H groups in total. The van der Waals surface area contributed by atoms with E-state index >= 15 is 4.39 Å². The van der Waals surface area contributed by atoms with Crippen LogP contribution in [0.3, 0.4) is 0 Å². The smallest absolute Gasteiger partial charge is 0.306 e. The first-order chi connectivity index (χ1) is 17.5. The van der Waals surface area contributed by atoms with Crippen LogP contribution in [0, 0.1) is 11.7 Å². The van der Waals surface area contributed by atoms with Crippen LogP contribution in [0.2, 0.25) is 0 Å². The highest BCUT2D eigenvalue weighted by Crippen LogP contribution is 2.35. The SMILES string of the molecule is CCNc1ccc2nc(Nc3ccc(-c4ccc(C5OC(=O)CCCCC5C)cc4)cc3F)sc2c1. The van der Waals surface area contributed by atoms with Crippen molar-refractivity contribution >= 4 is 44.0 Å². The highest BCUT2D eigenvalue weighted by molar-refractivity contribution is 7.22. The highest BCUT2D eigenvalue weighted by atomic mass is 32.1. The van der Waals surface area contributed by atoms with Crippen molar-refractivity contribution in [3.8, 4) is 11.1 Å². The molecule has 1 saturated heterocycles. The summed E-state index contributed by atoms with van der Waals surface area (Å²) in [5.74, 6) is -0.210. The second-order valence-corrected chi connectivity index (χ2v) is 10.3. The summed E-state index contributed by atoms with van der Waals surface area (Å²) in [7, 11) is 0. The molecule has 1 fully saturated rings. The zero-order chi connectivity index (χ0) is 25.1. The molecule has 0 bridgehead atoms. The first-order valence-electron chi connectivity index (χ1n) is 12.5. The molecule has 0 spiro atoms. The van der Waals surface area contributed by atoms with E-state index in [1.165, 1.54) is 17.4 Å². The summed E-state index contributed by atoms with van der Waals surface area (Å²) in [5.41, 5.74) is 4.98. The number of benzene rings is 3. The number of hydrogen-bond acceptors (Lipinski definition) is 6. The van der Waals surface area contributed by atoms with Crippen molar-refractivity contribution in [3.63, 3.8) is 0 Å². The largest absolute Gasteiger partial charge is 0.457 e. The average molecular weight is 504 g/mol. The molecule has 0 radical (unpaired) electrons. The molecule has 1 aliphatic rings. The molecule has 2 unspecified atom stereocenters. The number of fused-ring (bicyclic) bond motifs is 1. The summed E-state index contributed by atoms with van der Waals surface area (Å²) in [6.07, 6.45) is 3.21. The Hall–Kier alpha value is -3.45. The van der Waals surface area contributed by atoms with Gasteiger partial charge < -0.3 is 15.4 Å². The van der Waals surface area contributed by atoms with Crippen LogP contribution in [0.4, 0.5) is 20.9 Å². The number of nitrogens with zero attached hydrogens (tertiary/aromatic N) is 1. The molecule has 1 aromatic heterocycles. The summed E-state index contributed by atoms with van der Waals surface area (Å²) >= 11 is 1.49. The molecular weight excluding hydrogens is 473 g/mol. The zero-order valence-corrected chi connectivity index (χ0v) is 21.3. The highest BCUT2D eigenvalue weighted by Gasteiger charge is 2.25. The molecule has 2 heterocycles. The van der Waals surface area contributed by atoms with Crippen molar-refractivity contribution in [1.29, 1.82) is 0 Å². The van der Waals surface area contributed by atoms with Crippen molar-refractivity contribution in [2.24, 2.45) is 5.92 Å². The molecule has 0 amide bonds. The van der Waals surface area contributed by atoms with Crippen molar-refractivity contribution in [3.05, 3.63) is 72.0 Å². The Morgan fingerprint density at radius 3 is 2.64 bits per heavy atom. The van der Waals surface area contributed by atoms with Gasteiger partial charge >= 0.3 is 5.97 Å². The monoisotopic (exact) mass is 503 g/mol. The number of rotatable bonds is 6. The van der Waals surface area contributed by atoms with E-state index in [1.54, 1.807) is 6.07 Å². The minimum Gasteiger partial charge on any atom is -0.457 e. The Labute approximate surface area is 214 Å². The molecule has 5 rings (SSSR count). The normalized spacial score (nSPS) is 18.4. The summed E-state index contributed by atoms with van der Waals surface area (Å²) in [6, 6.07) is 19.1. The Morgan fingerprint density at radius 1 is 1.06 bits per heavy atom. The van der Waals surface area contributed by atoms with Crippen LogP contribution in [-0.4, -0.2) is 17.5 Å². The minimum atomic E-state index is -0.341. The topological polar surface area (TPSA) is 63.3 Å². The number of nitrogens with one attached hydrogen (secondary N) is 2. The number of halogens is 1. The lowest BCUT2D eigenvalue weighted by Gasteiger charge is -2.27. The van der Waals surface area contributed by atoms with Gasteiger partial charge in [0.25, 0.3) is 0 Å². The van der Waals surface area contributed by atoms with Crippen molar-refractivity contribution in [2.45, 2.75) is 45.6 Å². The summed E-state index contributed by atoms with van der Waals surface area (Å²) in [5, 5.41) is 7.08. The van der Waals surface area contributed by atoms with Crippen LogP contribution in [0.15, 0.2) is 60.7 Å². The van der Waals surface area contributed by atoms with E-state index in [0.717, 1.165) is 58.4 Å². The molecule has 4 aromatic rings. The van der Waals surface area contributed by atoms with E-state index in [1.807, 2.05) is 42.5 Å². The van der Waals surface area contributed by atoms with E-state index in [9.17, 15) is 4.79 Å². The number of hydrogen-bond donors (Lipinski definition) is 2. The van der Waals surface area contributed by atoms with Crippen LogP contribution in [0.1, 0.15) is 51.2 Å². The van der Waals surface area contributed by atoms with Crippen LogP contribution in [0.25, 0.3) is 21.3 Å². The number of carbonyl (C=O) groups excluding carboxylic acids is 1. The molecule has 186 valence electrons.